The summed E-state index contributed by atoms with van der Waals surface area (Å²) in [5, 5.41) is 9.80. The van der Waals surface area contributed by atoms with Crippen molar-refractivity contribution in [1.82, 2.24) is 9.21 Å². The largest absolute Gasteiger partial charge is 0.497 e. The van der Waals surface area contributed by atoms with Crippen LogP contribution in [0, 0.1) is 5.41 Å². The Kier molecular flexibility index (Phi) is 4.78. The molecule has 2 aliphatic heterocycles. The van der Waals surface area contributed by atoms with E-state index in [4.69, 9.17) is 4.74 Å². The van der Waals surface area contributed by atoms with E-state index in [0.29, 0.717) is 18.6 Å². The smallest absolute Gasteiger partial charge is 0.311 e. The SMILES string of the molecule is COc1ccc(S(=O)(=O)N2CC[C@@]3(C(=O)O)CCCN(C)[C@@H]3C2)cc1. The lowest BCUT2D eigenvalue weighted by Gasteiger charge is -2.51. The number of sulfonamides is 1. The van der Waals surface area contributed by atoms with E-state index in [1.54, 1.807) is 12.1 Å². The molecule has 0 aromatic heterocycles. The Morgan fingerprint density at radius 3 is 2.52 bits per heavy atom. The maximum absolute atomic E-state index is 13.0. The van der Waals surface area contributed by atoms with Crippen molar-refractivity contribution in [2.75, 3.05) is 33.8 Å². The summed E-state index contributed by atoms with van der Waals surface area (Å²) in [6.07, 6.45) is 1.77. The van der Waals surface area contributed by atoms with Crippen LogP contribution < -0.4 is 4.74 Å². The Hall–Kier alpha value is -1.64. The molecule has 2 atom stereocenters. The highest BCUT2D eigenvalue weighted by Gasteiger charge is 2.53. The zero-order chi connectivity index (χ0) is 18.2. The number of aliphatic carboxylic acids is 1. The lowest BCUT2D eigenvalue weighted by Crippen LogP contribution is -2.63. The van der Waals surface area contributed by atoms with Gasteiger partial charge in [-0.1, -0.05) is 0 Å². The lowest BCUT2D eigenvalue weighted by atomic mass is 9.69. The van der Waals surface area contributed by atoms with E-state index in [9.17, 15) is 18.3 Å². The molecular weight excluding hydrogens is 344 g/mol. The topological polar surface area (TPSA) is 87.2 Å². The highest BCUT2D eigenvalue weighted by atomic mass is 32.2. The number of carboxylic acid groups (broad SMARTS) is 1. The van der Waals surface area contributed by atoms with Gasteiger partial charge < -0.3 is 14.7 Å². The molecule has 138 valence electrons. The second kappa shape index (κ2) is 6.59. The molecule has 25 heavy (non-hydrogen) atoms. The number of hydrogen-bond acceptors (Lipinski definition) is 5. The summed E-state index contributed by atoms with van der Waals surface area (Å²) in [6.45, 7) is 1.22. The highest BCUT2D eigenvalue weighted by molar-refractivity contribution is 7.89. The predicted molar refractivity (Wildman–Crippen MR) is 92.1 cm³/mol. The monoisotopic (exact) mass is 368 g/mol. The first kappa shape index (κ1) is 18.2. The van der Waals surface area contributed by atoms with E-state index in [1.165, 1.54) is 23.5 Å². The first-order valence-corrected chi connectivity index (χ1v) is 9.83. The first-order valence-electron chi connectivity index (χ1n) is 8.39. The third-order valence-corrected chi connectivity index (χ3v) is 7.49. The Morgan fingerprint density at radius 1 is 1.24 bits per heavy atom. The van der Waals surface area contributed by atoms with Crippen molar-refractivity contribution in [3.8, 4) is 5.75 Å². The Morgan fingerprint density at radius 2 is 1.92 bits per heavy atom. The zero-order valence-corrected chi connectivity index (χ0v) is 15.3. The van der Waals surface area contributed by atoms with Gasteiger partial charge in [-0.2, -0.15) is 4.31 Å². The number of piperidine rings is 2. The quantitative estimate of drug-likeness (QED) is 0.861. The third-order valence-electron chi connectivity index (χ3n) is 5.61. The van der Waals surface area contributed by atoms with Crippen LogP contribution in [0.15, 0.2) is 29.2 Å². The number of carbonyl (C=O) groups is 1. The minimum Gasteiger partial charge on any atom is -0.497 e. The van der Waals surface area contributed by atoms with Crippen LogP contribution in [0.3, 0.4) is 0 Å². The fourth-order valence-corrected chi connectivity index (χ4v) is 5.52. The average molecular weight is 368 g/mol. The molecule has 0 aliphatic carbocycles. The molecule has 2 heterocycles. The maximum atomic E-state index is 13.0. The number of fused-ring (bicyclic) bond motifs is 1. The maximum Gasteiger partial charge on any atom is 0.311 e. The third kappa shape index (κ3) is 3.02. The molecule has 0 radical (unpaired) electrons. The molecule has 0 unspecified atom stereocenters. The summed E-state index contributed by atoms with van der Waals surface area (Å²) in [5.41, 5.74) is -0.848. The van der Waals surface area contributed by atoms with Crippen LogP contribution in [0.4, 0.5) is 0 Å². The van der Waals surface area contributed by atoms with Crippen LogP contribution >= 0.6 is 0 Å². The number of nitrogens with zero attached hydrogens (tertiary/aromatic N) is 2. The molecule has 7 nitrogen and oxygen atoms in total. The van der Waals surface area contributed by atoms with Gasteiger partial charge in [-0.15, -0.1) is 0 Å². The van der Waals surface area contributed by atoms with E-state index in [1.807, 2.05) is 11.9 Å². The number of rotatable bonds is 4. The van der Waals surface area contributed by atoms with Crippen LogP contribution in [0.25, 0.3) is 0 Å². The molecular formula is C17H24N2O5S. The number of carboxylic acids is 1. The van der Waals surface area contributed by atoms with Crippen molar-refractivity contribution in [2.24, 2.45) is 5.41 Å². The van der Waals surface area contributed by atoms with Crippen molar-refractivity contribution in [1.29, 1.82) is 0 Å². The number of methoxy groups -OCH3 is 1. The number of hydrogen-bond donors (Lipinski definition) is 1. The minimum absolute atomic E-state index is 0.203. The van der Waals surface area contributed by atoms with Crippen LogP contribution in [0.1, 0.15) is 19.3 Å². The number of likely N-dealkylation sites (N-methyl/N-ethyl adjacent to an activating group) is 1. The van der Waals surface area contributed by atoms with Gasteiger partial charge in [0.2, 0.25) is 10.0 Å². The highest BCUT2D eigenvalue weighted by Crippen LogP contribution is 2.43. The Balaban J connectivity index is 1.88. The Labute approximate surface area is 148 Å². The number of benzene rings is 1. The van der Waals surface area contributed by atoms with E-state index in [0.717, 1.165) is 13.0 Å². The summed E-state index contributed by atoms with van der Waals surface area (Å²) in [7, 11) is -0.249. The molecule has 8 heteroatoms. The second-order valence-corrected chi connectivity index (χ2v) is 8.79. The summed E-state index contributed by atoms with van der Waals surface area (Å²) in [5.74, 6) is -0.222. The van der Waals surface area contributed by atoms with E-state index in [-0.39, 0.29) is 24.0 Å². The summed E-state index contributed by atoms with van der Waals surface area (Å²) in [4.78, 5) is 14.1. The molecule has 1 aromatic rings. The van der Waals surface area contributed by atoms with Crippen LogP contribution in [-0.2, 0) is 14.8 Å². The van der Waals surface area contributed by atoms with Gasteiger partial charge >= 0.3 is 5.97 Å². The molecule has 0 spiro atoms. The Bertz CT molecular complexity index is 749. The molecule has 0 bridgehead atoms. The molecule has 0 saturated carbocycles. The van der Waals surface area contributed by atoms with E-state index in [2.05, 4.69) is 0 Å². The van der Waals surface area contributed by atoms with Gasteiger partial charge in [-0.05, 0) is 57.1 Å². The average Bonchev–Trinajstić information content (AvgIpc) is 2.61. The van der Waals surface area contributed by atoms with Crippen molar-refractivity contribution in [3.63, 3.8) is 0 Å². The van der Waals surface area contributed by atoms with Gasteiger partial charge in [0.15, 0.2) is 0 Å². The summed E-state index contributed by atoms with van der Waals surface area (Å²) < 4.78 is 32.4. The summed E-state index contributed by atoms with van der Waals surface area (Å²) >= 11 is 0. The van der Waals surface area contributed by atoms with Crippen molar-refractivity contribution >= 4 is 16.0 Å². The van der Waals surface area contributed by atoms with Crippen molar-refractivity contribution < 1.29 is 23.1 Å². The predicted octanol–water partition coefficient (Wildman–Crippen LogP) is 1.25. The molecule has 1 aromatic carbocycles. The standard InChI is InChI=1S/C17H24N2O5S/c1-18-10-3-8-17(16(20)21)9-11-19(12-15(17)18)25(22,23)14-6-4-13(24-2)5-7-14/h4-7,15H,3,8-12H2,1-2H3,(H,20,21)/t15-,17+/m1/s1. The molecule has 2 saturated heterocycles. The summed E-state index contributed by atoms with van der Waals surface area (Å²) in [6, 6.07) is 5.98. The lowest BCUT2D eigenvalue weighted by molar-refractivity contribution is -0.160. The molecule has 1 N–H and O–H groups in total. The van der Waals surface area contributed by atoms with Gasteiger partial charge in [0.05, 0.1) is 17.4 Å². The minimum atomic E-state index is -3.66. The molecule has 2 fully saturated rings. The fourth-order valence-electron chi connectivity index (χ4n) is 4.07. The number of ether oxygens (including phenoxy) is 1. The second-order valence-electron chi connectivity index (χ2n) is 6.85. The first-order chi connectivity index (χ1) is 11.8. The zero-order valence-electron chi connectivity index (χ0n) is 14.5. The molecule has 3 rings (SSSR count). The van der Waals surface area contributed by atoms with Gasteiger partial charge in [0.1, 0.15) is 5.75 Å². The fraction of sp³-hybridized carbons (Fsp3) is 0.588. The molecule has 0 amide bonds. The van der Waals surface area contributed by atoms with Gasteiger partial charge in [-0.3, -0.25) is 4.79 Å². The number of likely N-dealkylation sites (tertiary alicyclic amines) is 1. The van der Waals surface area contributed by atoms with Crippen molar-refractivity contribution in [3.05, 3.63) is 24.3 Å². The van der Waals surface area contributed by atoms with Crippen LogP contribution in [0.2, 0.25) is 0 Å². The van der Waals surface area contributed by atoms with E-state index < -0.39 is 21.4 Å². The van der Waals surface area contributed by atoms with Crippen LogP contribution in [-0.4, -0.2) is 68.5 Å². The molecule has 2 aliphatic rings. The normalized spacial score (nSPS) is 28.3. The van der Waals surface area contributed by atoms with E-state index >= 15 is 0 Å². The van der Waals surface area contributed by atoms with Crippen molar-refractivity contribution in [2.45, 2.75) is 30.2 Å². The van der Waals surface area contributed by atoms with Gasteiger partial charge in [0.25, 0.3) is 0 Å². The van der Waals surface area contributed by atoms with Gasteiger partial charge in [-0.25, -0.2) is 8.42 Å². The van der Waals surface area contributed by atoms with Crippen LogP contribution in [0.5, 0.6) is 5.75 Å². The van der Waals surface area contributed by atoms with Gasteiger partial charge in [0, 0.05) is 19.1 Å².